The van der Waals surface area contributed by atoms with Crippen molar-refractivity contribution in [2.75, 3.05) is 14.2 Å². The highest BCUT2D eigenvalue weighted by Crippen LogP contribution is 2.33. The van der Waals surface area contributed by atoms with Gasteiger partial charge in [-0.25, -0.2) is 0 Å². The maximum absolute atomic E-state index is 12.6. The van der Waals surface area contributed by atoms with E-state index in [1.54, 1.807) is 26.4 Å². The third-order valence-electron chi connectivity index (χ3n) is 3.74. The van der Waals surface area contributed by atoms with Gasteiger partial charge in [0.1, 0.15) is 0 Å². The molecule has 4 nitrogen and oxygen atoms in total. The summed E-state index contributed by atoms with van der Waals surface area (Å²) >= 11 is 13.6. The first-order chi connectivity index (χ1) is 12.5. The number of ether oxygens (including phenoxy) is 2. The Morgan fingerprint density at radius 3 is 2.46 bits per heavy atom. The average Bonchev–Trinajstić information content (AvgIpc) is 2.65. The highest BCUT2D eigenvalue weighted by atomic mass is 35.5. The van der Waals surface area contributed by atoms with Crippen LogP contribution in [0.3, 0.4) is 0 Å². The SMILES string of the molecule is CCC(Sc1ccc(Cl)cc1Cl)C(=O)NCc1ccc(OC)c(OC)c1. The molecular weight excluding hydrogens is 393 g/mol. The average molecular weight is 414 g/mol. The molecule has 1 unspecified atom stereocenters. The highest BCUT2D eigenvalue weighted by Gasteiger charge is 2.19. The summed E-state index contributed by atoms with van der Waals surface area (Å²) in [6.45, 7) is 2.38. The van der Waals surface area contributed by atoms with E-state index in [9.17, 15) is 4.79 Å². The number of thioether (sulfide) groups is 1. The summed E-state index contributed by atoms with van der Waals surface area (Å²) in [5, 5.41) is 3.85. The molecule has 0 saturated heterocycles. The molecular formula is C19H21Cl2NO3S. The first-order valence-corrected chi connectivity index (χ1v) is 9.72. The number of carbonyl (C=O) groups is 1. The Balaban J connectivity index is 2.00. The molecule has 2 aromatic carbocycles. The number of amides is 1. The topological polar surface area (TPSA) is 47.6 Å². The molecule has 0 aliphatic rings. The van der Waals surface area contributed by atoms with Crippen molar-refractivity contribution in [1.82, 2.24) is 5.32 Å². The summed E-state index contributed by atoms with van der Waals surface area (Å²) in [7, 11) is 3.17. The normalized spacial score (nSPS) is 11.7. The molecule has 26 heavy (non-hydrogen) atoms. The maximum Gasteiger partial charge on any atom is 0.233 e. The van der Waals surface area contributed by atoms with Gasteiger partial charge < -0.3 is 14.8 Å². The second-order valence-electron chi connectivity index (χ2n) is 5.50. The van der Waals surface area contributed by atoms with Crippen LogP contribution >= 0.6 is 35.0 Å². The van der Waals surface area contributed by atoms with Crippen LogP contribution in [0.5, 0.6) is 11.5 Å². The largest absolute Gasteiger partial charge is 0.493 e. The van der Waals surface area contributed by atoms with E-state index in [-0.39, 0.29) is 11.2 Å². The summed E-state index contributed by atoms with van der Waals surface area (Å²) in [4.78, 5) is 13.4. The minimum Gasteiger partial charge on any atom is -0.493 e. The van der Waals surface area contributed by atoms with Gasteiger partial charge >= 0.3 is 0 Å². The molecule has 1 N–H and O–H groups in total. The summed E-state index contributed by atoms with van der Waals surface area (Å²) in [5.74, 6) is 1.24. The molecule has 0 radical (unpaired) electrons. The van der Waals surface area contributed by atoms with Crippen LogP contribution in [-0.4, -0.2) is 25.4 Å². The van der Waals surface area contributed by atoms with E-state index in [0.717, 1.165) is 10.5 Å². The molecule has 1 amide bonds. The van der Waals surface area contributed by atoms with E-state index in [4.69, 9.17) is 32.7 Å². The molecule has 0 aliphatic heterocycles. The van der Waals surface area contributed by atoms with E-state index in [1.807, 2.05) is 31.2 Å². The number of halogens is 2. The van der Waals surface area contributed by atoms with Crippen LogP contribution in [0, 0.1) is 0 Å². The van der Waals surface area contributed by atoms with E-state index in [1.165, 1.54) is 11.8 Å². The van der Waals surface area contributed by atoms with Crippen LogP contribution in [0.15, 0.2) is 41.3 Å². The van der Waals surface area contributed by atoms with Crippen LogP contribution in [0.1, 0.15) is 18.9 Å². The minimum absolute atomic E-state index is 0.0432. The molecule has 0 bridgehead atoms. The zero-order valence-corrected chi connectivity index (χ0v) is 17.2. The number of benzene rings is 2. The zero-order chi connectivity index (χ0) is 19.1. The van der Waals surface area contributed by atoms with Gasteiger partial charge in [-0.3, -0.25) is 4.79 Å². The Morgan fingerprint density at radius 2 is 1.85 bits per heavy atom. The van der Waals surface area contributed by atoms with Crippen molar-refractivity contribution in [1.29, 1.82) is 0 Å². The van der Waals surface area contributed by atoms with E-state index < -0.39 is 0 Å². The van der Waals surface area contributed by atoms with Gasteiger partial charge in [0.25, 0.3) is 0 Å². The summed E-state index contributed by atoms with van der Waals surface area (Å²) in [6.07, 6.45) is 0.682. The van der Waals surface area contributed by atoms with Crippen LogP contribution in [0.25, 0.3) is 0 Å². The third-order valence-corrected chi connectivity index (χ3v) is 5.84. The monoisotopic (exact) mass is 413 g/mol. The van der Waals surface area contributed by atoms with Gasteiger partial charge in [-0.1, -0.05) is 36.2 Å². The van der Waals surface area contributed by atoms with Gasteiger partial charge in [0.05, 0.1) is 24.5 Å². The number of hydrogen-bond donors (Lipinski definition) is 1. The Morgan fingerprint density at radius 1 is 1.12 bits per heavy atom. The second kappa shape index (κ2) is 9.95. The first kappa shape index (κ1) is 20.7. The Hall–Kier alpha value is -1.56. The zero-order valence-electron chi connectivity index (χ0n) is 14.8. The fraction of sp³-hybridized carbons (Fsp3) is 0.316. The van der Waals surface area contributed by atoms with Crippen LogP contribution in [0.2, 0.25) is 10.0 Å². The molecule has 0 spiro atoms. The summed E-state index contributed by atoms with van der Waals surface area (Å²) in [6, 6.07) is 10.8. The van der Waals surface area contributed by atoms with Gasteiger partial charge in [0.15, 0.2) is 11.5 Å². The summed E-state index contributed by atoms with van der Waals surface area (Å²) in [5.41, 5.74) is 0.931. The molecule has 0 aliphatic carbocycles. The lowest BCUT2D eigenvalue weighted by atomic mass is 10.2. The minimum atomic E-state index is -0.242. The highest BCUT2D eigenvalue weighted by molar-refractivity contribution is 8.00. The quantitative estimate of drug-likeness (QED) is 0.604. The van der Waals surface area contributed by atoms with Crippen molar-refractivity contribution < 1.29 is 14.3 Å². The Bertz CT molecular complexity index is 770. The number of methoxy groups -OCH3 is 2. The van der Waals surface area contributed by atoms with Gasteiger partial charge in [-0.2, -0.15) is 0 Å². The van der Waals surface area contributed by atoms with Crippen molar-refractivity contribution in [3.05, 3.63) is 52.0 Å². The maximum atomic E-state index is 12.6. The molecule has 7 heteroatoms. The predicted octanol–water partition coefficient (Wildman–Crippen LogP) is 5.20. The van der Waals surface area contributed by atoms with Crippen LogP contribution < -0.4 is 14.8 Å². The van der Waals surface area contributed by atoms with Crippen molar-refractivity contribution in [3.8, 4) is 11.5 Å². The lowest BCUT2D eigenvalue weighted by Gasteiger charge is -2.16. The first-order valence-electron chi connectivity index (χ1n) is 8.08. The lowest BCUT2D eigenvalue weighted by Crippen LogP contribution is -2.31. The van der Waals surface area contributed by atoms with Gasteiger partial charge in [0.2, 0.25) is 5.91 Å². The van der Waals surface area contributed by atoms with E-state index in [2.05, 4.69) is 5.32 Å². The number of carbonyl (C=O) groups excluding carboxylic acids is 1. The molecule has 0 aromatic heterocycles. The van der Waals surface area contributed by atoms with Crippen molar-refractivity contribution in [2.45, 2.75) is 30.0 Å². The Kier molecular flexibility index (Phi) is 7.94. The van der Waals surface area contributed by atoms with E-state index in [0.29, 0.717) is 34.5 Å². The number of nitrogens with one attached hydrogen (secondary N) is 1. The molecule has 0 fully saturated rings. The van der Waals surface area contributed by atoms with Crippen LogP contribution in [-0.2, 0) is 11.3 Å². The van der Waals surface area contributed by atoms with Gasteiger partial charge in [-0.15, -0.1) is 11.8 Å². The van der Waals surface area contributed by atoms with Crippen molar-refractivity contribution in [2.24, 2.45) is 0 Å². The van der Waals surface area contributed by atoms with E-state index >= 15 is 0 Å². The fourth-order valence-electron chi connectivity index (χ4n) is 2.34. The smallest absolute Gasteiger partial charge is 0.233 e. The lowest BCUT2D eigenvalue weighted by molar-refractivity contribution is -0.120. The summed E-state index contributed by atoms with van der Waals surface area (Å²) < 4.78 is 10.5. The second-order valence-corrected chi connectivity index (χ2v) is 7.58. The molecule has 140 valence electrons. The molecule has 0 heterocycles. The Labute approximate surface area is 168 Å². The number of hydrogen-bond acceptors (Lipinski definition) is 4. The molecule has 2 aromatic rings. The van der Waals surface area contributed by atoms with Crippen LogP contribution in [0.4, 0.5) is 0 Å². The molecule has 1 atom stereocenters. The molecule has 0 saturated carbocycles. The number of rotatable bonds is 8. The third kappa shape index (κ3) is 5.47. The van der Waals surface area contributed by atoms with Crippen molar-refractivity contribution in [3.63, 3.8) is 0 Å². The standard InChI is InChI=1S/C19H21Cl2NO3S/c1-4-17(26-18-8-6-13(20)10-14(18)21)19(23)22-11-12-5-7-15(24-2)16(9-12)25-3/h5-10,17H,4,11H2,1-3H3,(H,22,23). The van der Waals surface area contributed by atoms with Gasteiger partial charge in [-0.05, 0) is 42.3 Å². The predicted molar refractivity (Wildman–Crippen MR) is 108 cm³/mol. The van der Waals surface area contributed by atoms with Crippen molar-refractivity contribution >= 4 is 40.9 Å². The molecule has 2 rings (SSSR count). The van der Waals surface area contributed by atoms with Gasteiger partial charge in [0, 0.05) is 16.5 Å². The fourth-order valence-corrected chi connectivity index (χ4v) is 3.86.